The number of unbranched alkanes of at least 4 members (excludes halogenated alkanes) is 36. The normalized spacial score (nSPS) is 14.2. The number of carbonyl (C=O) groups excluding carboxylic acids is 1. The molecule has 444 valence electrons. The maximum Gasteiger partial charge on any atom is 0.268 e. The second-order valence-corrected chi connectivity index (χ2v) is 24.5. The number of allylic oxidation sites excluding steroid dienone is 11. The van der Waals surface area contributed by atoms with Gasteiger partial charge in [0, 0.05) is 6.42 Å². The van der Waals surface area contributed by atoms with Crippen LogP contribution in [0, 0.1) is 0 Å². The van der Waals surface area contributed by atoms with Gasteiger partial charge in [-0.1, -0.05) is 279 Å². The number of carbonyl (C=O) groups is 1. The smallest absolute Gasteiger partial charge is 0.268 e. The first-order chi connectivity index (χ1) is 37.0. The highest BCUT2D eigenvalue weighted by atomic mass is 31.2. The fraction of sp³-hybridized carbons (Fsp3) is 0.806. The SMILES string of the molecule is CCCCC/C=C/CC/C=C/CC/C=C/C(O)C(COP(=O)([O-])OCC[N+](C)(C)C)NC(=O)CCCCCCCCCCCCCCCCCCCCCCCCCCCC/C=C\C/C=C\C/C=C\CCCCCCC. The van der Waals surface area contributed by atoms with E-state index < -0.39 is 26.6 Å². The number of hydrogen-bond acceptors (Lipinski definition) is 6. The number of phosphoric acid groups is 1. The molecular weight excluding hydrogens is 960 g/mol. The van der Waals surface area contributed by atoms with E-state index in [9.17, 15) is 19.4 Å². The Morgan fingerprint density at radius 1 is 0.461 bits per heavy atom. The zero-order valence-electron chi connectivity index (χ0n) is 50.7. The van der Waals surface area contributed by atoms with Gasteiger partial charge in [0.15, 0.2) is 0 Å². The van der Waals surface area contributed by atoms with E-state index in [2.05, 4.69) is 79.9 Å². The molecule has 0 rings (SSSR count). The van der Waals surface area contributed by atoms with Gasteiger partial charge in [0.25, 0.3) is 7.82 Å². The number of nitrogens with one attached hydrogen (secondary N) is 1. The van der Waals surface area contributed by atoms with Crippen LogP contribution < -0.4 is 10.2 Å². The summed E-state index contributed by atoms with van der Waals surface area (Å²) in [6.07, 6.45) is 80.4. The fourth-order valence-corrected chi connectivity index (χ4v) is 10.0. The van der Waals surface area contributed by atoms with Crippen LogP contribution in [-0.4, -0.2) is 68.5 Å². The maximum absolute atomic E-state index is 13.0. The maximum atomic E-state index is 13.0. The van der Waals surface area contributed by atoms with Crippen molar-refractivity contribution in [3.05, 3.63) is 72.9 Å². The molecule has 0 spiro atoms. The van der Waals surface area contributed by atoms with Gasteiger partial charge in [-0.15, -0.1) is 0 Å². The number of aliphatic hydroxyl groups is 1. The van der Waals surface area contributed by atoms with Gasteiger partial charge in [-0.05, 0) is 83.5 Å². The first-order valence-electron chi connectivity index (χ1n) is 32.3. The van der Waals surface area contributed by atoms with E-state index in [1.807, 2.05) is 27.2 Å². The Hall–Kier alpha value is -2.06. The van der Waals surface area contributed by atoms with E-state index in [0.29, 0.717) is 17.4 Å². The number of hydrogen-bond donors (Lipinski definition) is 2. The standard InChI is InChI=1S/C67H125N2O6P/c1-6-8-10-12-14-16-18-20-21-22-23-24-25-26-27-28-29-30-31-32-33-34-35-36-37-38-39-40-41-42-43-44-45-46-47-49-51-53-55-57-59-61-67(71)68-65(64-75-76(72,73)74-63-62-69(3,4)5)66(70)60-58-56-54-52-50-48-19-17-15-13-11-9-7-2/h15,17-18,20,22-23,25-26,50,52,58,60,65-66,70H,6-14,16,19,21,24,27-49,51,53-57,59,61-64H2,1-5H3,(H-,68,71,72,73)/b17-15+,20-18-,23-22-,26-25-,52-50+,60-58+. The molecule has 8 nitrogen and oxygen atoms in total. The number of amides is 1. The molecule has 0 heterocycles. The van der Waals surface area contributed by atoms with Crippen molar-refractivity contribution in [2.24, 2.45) is 0 Å². The predicted octanol–water partition coefficient (Wildman–Crippen LogP) is 19.6. The molecule has 0 aliphatic heterocycles. The van der Waals surface area contributed by atoms with Gasteiger partial charge in [-0.3, -0.25) is 9.36 Å². The Bertz CT molecular complexity index is 1470. The first kappa shape index (κ1) is 73.9. The van der Waals surface area contributed by atoms with E-state index in [4.69, 9.17) is 9.05 Å². The Morgan fingerprint density at radius 3 is 1.18 bits per heavy atom. The Morgan fingerprint density at radius 2 is 0.776 bits per heavy atom. The van der Waals surface area contributed by atoms with Gasteiger partial charge < -0.3 is 28.8 Å². The van der Waals surface area contributed by atoms with Crippen molar-refractivity contribution in [2.45, 2.75) is 309 Å². The molecule has 0 bridgehead atoms. The average Bonchev–Trinajstić information content (AvgIpc) is 3.38. The summed E-state index contributed by atoms with van der Waals surface area (Å²) in [4.78, 5) is 25.5. The zero-order valence-corrected chi connectivity index (χ0v) is 51.6. The van der Waals surface area contributed by atoms with E-state index >= 15 is 0 Å². The second-order valence-electron chi connectivity index (χ2n) is 23.1. The molecular formula is C67H125N2O6P. The second kappa shape index (κ2) is 57.6. The lowest BCUT2D eigenvalue weighted by molar-refractivity contribution is -0.870. The van der Waals surface area contributed by atoms with Crippen LogP contribution in [0.5, 0.6) is 0 Å². The Balaban J connectivity index is 3.87. The molecule has 0 fully saturated rings. The van der Waals surface area contributed by atoms with Gasteiger partial charge in [0.05, 0.1) is 39.9 Å². The molecule has 0 radical (unpaired) electrons. The van der Waals surface area contributed by atoms with Crippen LogP contribution in [0.4, 0.5) is 0 Å². The summed E-state index contributed by atoms with van der Waals surface area (Å²) in [5.41, 5.74) is 0. The lowest BCUT2D eigenvalue weighted by Gasteiger charge is -2.29. The van der Waals surface area contributed by atoms with Crippen molar-refractivity contribution < 1.29 is 32.9 Å². The fourth-order valence-electron chi connectivity index (χ4n) is 9.31. The molecule has 0 saturated heterocycles. The van der Waals surface area contributed by atoms with E-state index in [1.54, 1.807) is 6.08 Å². The molecule has 3 unspecified atom stereocenters. The van der Waals surface area contributed by atoms with E-state index in [0.717, 1.165) is 64.2 Å². The largest absolute Gasteiger partial charge is 0.756 e. The Labute approximate surface area is 472 Å². The number of aliphatic hydroxyl groups excluding tert-OH is 1. The van der Waals surface area contributed by atoms with Gasteiger partial charge in [-0.25, -0.2) is 0 Å². The van der Waals surface area contributed by atoms with Gasteiger partial charge >= 0.3 is 0 Å². The molecule has 0 aromatic rings. The van der Waals surface area contributed by atoms with Crippen LogP contribution >= 0.6 is 7.82 Å². The predicted molar refractivity (Wildman–Crippen MR) is 330 cm³/mol. The van der Waals surface area contributed by atoms with Crippen molar-refractivity contribution >= 4 is 13.7 Å². The van der Waals surface area contributed by atoms with E-state index in [1.165, 1.54) is 212 Å². The summed E-state index contributed by atoms with van der Waals surface area (Å²) in [6, 6.07) is -0.910. The van der Waals surface area contributed by atoms with Crippen LogP contribution in [0.15, 0.2) is 72.9 Å². The highest BCUT2D eigenvalue weighted by Gasteiger charge is 2.23. The van der Waals surface area contributed by atoms with Crippen molar-refractivity contribution in [1.29, 1.82) is 0 Å². The number of phosphoric ester groups is 1. The van der Waals surface area contributed by atoms with Crippen molar-refractivity contribution in [3.8, 4) is 0 Å². The number of nitrogens with zero attached hydrogens (tertiary/aromatic N) is 1. The third-order valence-electron chi connectivity index (χ3n) is 14.4. The number of likely N-dealkylation sites (N-methyl/N-ethyl adjacent to an activating group) is 1. The Kier molecular flexibility index (Phi) is 56.1. The summed E-state index contributed by atoms with van der Waals surface area (Å²) >= 11 is 0. The minimum atomic E-state index is -4.61. The number of quaternary nitrogens is 1. The highest BCUT2D eigenvalue weighted by Crippen LogP contribution is 2.38. The average molecular weight is 1090 g/mol. The third-order valence-corrected chi connectivity index (χ3v) is 15.3. The topological polar surface area (TPSA) is 108 Å². The third kappa shape index (κ3) is 59.6. The zero-order chi connectivity index (χ0) is 55.6. The van der Waals surface area contributed by atoms with Crippen LogP contribution in [-0.2, 0) is 18.4 Å². The summed E-state index contributed by atoms with van der Waals surface area (Å²) < 4.78 is 23.3. The van der Waals surface area contributed by atoms with Crippen LogP contribution in [0.25, 0.3) is 0 Å². The molecule has 0 aromatic carbocycles. The van der Waals surface area contributed by atoms with E-state index in [-0.39, 0.29) is 12.5 Å². The summed E-state index contributed by atoms with van der Waals surface area (Å²) in [7, 11) is 1.24. The molecule has 76 heavy (non-hydrogen) atoms. The van der Waals surface area contributed by atoms with Crippen molar-refractivity contribution in [1.82, 2.24) is 5.32 Å². The summed E-state index contributed by atoms with van der Waals surface area (Å²) in [5.74, 6) is -0.209. The molecule has 0 aliphatic rings. The van der Waals surface area contributed by atoms with Crippen molar-refractivity contribution in [2.75, 3.05) is 40.9 Å². The van der Waals surface area contributed by atoms with Crippen LogP contribution in [0.1, 0.15) is 296 Å². The van der Waals surface area contributed by atoms with Gasteiger partial charge in [0.1, 0.15) is 13.2 Å². The summed E-state index contributed by atoms with van der Waals surface area (Å²) in [5, 5.41) is 13.8. The molecule has 0 aromatic heterocycles. The first-order valence-corrected chi connectivity index (χ1v) is 33.8. The monoisotopic (exact) mass is 1080 g/mol. The molecule has 1 amide bonds. The summed E-state index contributed by atoms with van der Waals surface area (Å²) in [6.45, 7) is 4.58. The molecule has 3 atom stereocenters. The molecule has 0 saturated carbocycles. The molecule has 0 aliphatic carbocycles. The minimum absolute atomic E-state index is 0.00946. The lowest BCUT2D eigenvalue weighted by Crippen LogP contribution is -2.45. The molecule has 9 heteroatoms. The van der Waals surface area contributed by atoms with Gasteiger partial charge in [-0.2, -0.15) is 0 Å². The number of rotatable bonds is 59. The van der Waals surface area contributed by atoms with Gasteiger partial charge in [0.2, 0.25) is 5.91 Å². The quantitative estimate of drug-likeness (QED) is 0.0272. The molecule has 2 N–H and O–H groups in total. The van der Waals surface area contributed by atoms with Crippen LogP contribution in [0.3, 0.4) is 0 Å². The van der Waals surface area contributed by atoms with Crippen molar-refractivity contribution in [3.63, 3.8) is 0 Å². The van der Waals surface area contributed by atoms with Crippen LogP contribution in [0.2, 0.25) is 0 Å². The lowest BCUT2D eigenvalue weighted by atomic mass is 10.0. The minimum Gasteiger partial charge on any atom is -0.756 e. The highest BCUT2D eigenvalue weighted by molar-refractivity contribution is 7.45.